The largest absolute Gasteiger partial charge is 0.497 e. The van der Waals surface area contributed by atoms with Crippen molar-refractivity contribution in [3.05, 3.63) is 95.6 Å². The monoisotopic (exact) mass is 403 g/mol. The van der Waals surface area contributed by atoms with E-state index in [4.69, 9.17) is 14.2 Å². The lowest BCUT2D eigenvalue weighted by Crippen LogP contribution is -2.20. The predicted octanol–water partition coefficient (Wildman–Crippen LogP) is 4.61. The number of carbonyl (C=O) groups excluding carboxylic acids is 1. The quantitative estimate of drug-likeness (QED) is 0.530. The molecule has 1 N–H and O–H groups in total. The van der Waals surface area contributed by atoms with Crippen molar-refractivity contribution in [1.29, 1.82) is 0 Å². The SMILES string of the molecule is COc1ccc(CNC(=O)/C=C/c2cccc(OC)c2OCc2ccccc2)cc1. The molecule has 0 spiro atoms. The Kier molecular flexibility index (Phi) is 7.50. The number of amides is 1. The molecule has 0 aliphatic carbocycles. The Bertz CT molecular complexity index is 982. The van der Waals surface area contributed by atoms with Crippen molar-refractivity contribution in [3.8, 4) is 17.2 Å². The van der Waals surface area contributed by atoms with E-state index in [0.717, 1.165) is 22.4 Å². The van der Waals surface area contributed by atoms with Crippen molar-refractivity contribution >= 4 is 12.0 Å². The molecule has 154 valence electrons. The van der Waals surface area contributed by atoms with Gasteiger partial charge in [0.15, 0.2) is 11.5 Å². The third-order valence-electron chi connectivity index (χ3n) is 4.50. The summed E-state index contributed by atoms with van der Waals surface area (Å²) in [5.41, 5.74) is 2.81. The predicted molar refractivity (Wildman–Crippen MR) is 118 cm³/mol. The lowest BCUT2D eigenvalue weighted by Gasteiger charge is -2.13. The van der Waals surface area contributed by atoms with Crippen LogP contribution in [0.5, 0.6) is 17.2 Å². The summed E-state index contributed by atoms with van der Waals surface area (Å²) in [6, 6.07) is 23.0. The molecule has 3 rings (SSSR count). The first-order chi connectivity index (χ1) is 14.7. The molecule has 0 atom stereocenters. The minimum Gasteiger partial charge on any atom is -0.497 e. The van der Waals surface area contributed by atoms with Gasteiger partial charge < -0.3 is 19.5 Å². The molecule has 0 saturated heterocycles. The molecule has 1 amide bonds. The van der Waals surface area contributed by atoms with Crippen molar-refractivity contribution in [1.82, 2.24) is 5.32 Å². The normalized spacial score (nSPS) is 10.6. The summed E-state index contributed by atoms with van der Waals surface area (Å²) in [6.45, 7) is 0.842. The lowest BCUT2D eigenvalue weighted by atomic mass is 10.1. The van der Waals surface area contributed by atoms with Crippen molar-refractivity contribution in [2.45, 2.75) is 13.2 Å². The smallest absolute Gasteiger partial charge is 0.244 e. The van der Waals surface area contributed by atoms with Crippen LogP contribution < -0.4 is 19.5 Å². The zero-order chi connectivity index (χ0) is 21.2. The van der Waals surface area contributed by atoms with Crippen LogP contribution in [-0.4, -0.2) is 20.1 Å². The summed E-state index contributed by atoms with van der Waals surface area (Å²) < 4.78 is 16.6. The zero-order valence-electron chi connectivity index (χ0n) is 17.1. The maximum absolute atomic E-state index is 12.3. The van der Waals surface area contributed by atoms with Crippen LogP contribution in [0.1, 0.15) is 16.7 Å². The van der Waals surface area contributed by atoms with Crippen LogP contribution in [0.25, 0.3) is 6.08 Å². The van der Waals surface area contributed by atoms with Crippen LogP contribution in [0, 0.1) is 0 Å². The highest BCUT2D eigenvalue weighted by atomic mass is 16.5. The van der Waals surface area contributed by atoms with Crippen molar-refractivity contribution in [3.63, 3.8) is 0 Å². The fourth-order valence-electron chi connectivity index (χ4n) is 2.87. The number of methoxy groups -OCH3 is 2. The van der Waals surface area contributed by atoms with Gasteiger partial charge in [0.1, 0.15) is 12.4 Å². The lowest BCUT2D eigenvalue weighted by molar-refractivity contribution is -0.116. The molecule has 0 radical (unpaired) electrons. The average molecular weight is 403 g/mol. The van der Waals surface area contributed by atoms with E-state index in [0.29, 0.717) is 24.7 Å². The van der Waals surface area contributed by atoms with Gasteiger partial charge in [-0.1, -0.05) is 54.6 Å². The van der Waals surface area contributed by atoms with Crippen molar-refractivity contribution in [2.75, 3.05) is 14.2 Å². The minimum atomic E-state index is -0.192. The van der Waals surface area contributed by atoms with Gasteiger partial charge in [0.2, 0.25) is 5.91 Å². The van der Waals surface area contributed by atoms with Gasteiger partial charge in [-0.2, -0.15) is 0 Å². The molecule has 0 bridgehead atoms. The summed E-state index contributed by atoms with van der Waals surface area (Å²) >= 11 is 0. The summed E-state index contributed by atoms with van der Waals surface area (Å²) in [5.74, 6) is 1.81. The molecular formula is C25H25NO4. The van der Waals surface area contributed by atoms with Gasteiger partial charge in [0.25, 0.3) is 0 Å². The highest BCUT2D eigenvalue weighted by Gasteiger charge is 2.09. The molecule has 5 heteroatoms. The topological polar surface area (TPSA) is 56.8 Å². The Labute approximate surface area is 176 Å². The highest BCUT2D eigenvalue weighted by Crippen LogP contribution is 2.32. The van der Waals surface area contributed by atoms with E-state index in [9.17, 15) is 4.79 Å². The molecule has 0 aliphatic rings. The molecule has 30 heavy (non-hydrogen) atoms. The number of nitrogens with one attached hydrogen (secondary N) is 1. The maximum Gasteiger partial charge on any atom is 0.244 e. The van der Waals surface area contributed by atoms with Gasteiger partial charge in [0.05, 0.1) is 14.2 Å². The first-order valence-corrected chi connectivity index (χ1v) is 9.62. The third-order valence-corrected chi connectivity index (χ3v) is 4.50. The summed E-state index contributed by atoms with van der Waals surface area (Å²) in [6.07, 6.45) is 3.22. The Morgan fingerprint density at radius 1 is 0.867 bits per heavy atom. The first-order valence-electron chi connectivity index (χ1n) is 9.62. The fourth-order valence-corrected chi connectivity index (χ4v) is 2.87. The number of hydrogen-bond donors (Lipinski definition) is 1. The van der Waals surface area contributed by atoms with Crippen LogP contribution in [0.4, 0.5) is 0 Å². The van der Waals surface area contributed by atoms with E-state index in [-0.39, 0.29) is 5.91 Å². The molecule has 0 aliphatic heterocycles. The Balaban J connectivity index is 1.65. The van der Waals surface area contributed by atoms with E-state index >= 15 is 0 Å². The number of ether oxygens (including phenoxy) is 3. The second-order valence-corrected chi connectivity index (χ2v) is 6.55. The summed E-state index contributed by atoms with van der Waals surface area (Å²) in [7, 11) is 3.22. The van der Waals surface area contributed by atoms with Gasteiger partial charge in [-0.05, 0) is 35.4 Å². The molecule has 0 heterocycles. The zero-order valence-corrected chi connectivity index (χ0v) is 17.1. The van der Waals surface area contributed by atoms with Crippen LogP contribution in [0.2, 0.25) is 0 Å². The Morgan fingerprint density at radius 3 is 2.33 bits per heavy atom. The molecule has 0 fully saturated rings. The van der Waals surface area contributed by atoms with Crippen LogP contribution in [0.3, 0.4) is 0 Å². The van der Waals surface area contributed by atoms with E-state index in [1.54, 1.807) is 20.3 Å². The molecule has 0 aromatic heterocycles. The van der Waals surface area contributed by atoms with E-state index in [1.807, 2.05) is 72.8 Å². The Hall–Kier alpha value is -3.73. The molecule has 3 aromatic carbocycles. The Morgan fingerprint density at radius 2 is 1.63 bits per heavy atom. The number of rotatable bonds is 9. The molecule has 0 saturated carbocycles. The number of hydrogen-bond acceptors (Lipinski definition) is 4. The van der Waals surface area contributed by atoms with Crippen LogP contribution >= 0.6 is 0 Å². The van der Waals surface area contributed by atoms with Gasteiger partial charge in [-0.15, -0.1) is 0 Å². The number of para-hydroxylation sites is 1. The number of benzene rings is 3. The first kappa shape index (κ1) is 21.0. The standard InChI is InChI=1S/C25H25NO4/c1-28-22-14-11-19(12-15-22)17-26-24(27)16-13-21-9-6-10-23(29-2)25(21)30-18-20-7-4-3-5-8-20/h3-16H,17-18H2,1-2H3,(H,26,27)/b16-13+. The van der Waals surface area contributed by atoms with E-state index in [2.05, 4.69) is 5.32 Å². The number of carbonyl (C=O) groups is 1. The van der Waals surface area contributed by atoms with Gasteiger partial charge in [-0.25, -0.2) is 0 Å². The summed E-state index contributed by atoms with van der Waals surface area (Å²) in [5, 5.41) is 2.87. The average Bonchev–Trinajstić information content (AvgIpc) is 2.81. The molecule has 5 nitrogen and oxygen atoms in total. The van der Waals surface area contributed by atoms with E-state index in [1.165, 1.54) is 6.08 Å². The minimum absolute atomic E-state index is 0.192. The third kappa shape index (κ3) is 5.88. The molecule has 0 unspecified atom stereocenters. The van der Waals surface area contributed by atoms with Crippen molar-refractivity contribution < 1.29 is 19.0 Å². The maximum atomic E-state index is 12.3. The second kappa shape index (κ2) is 10.7. The fraction of sp³-hybridized carbons (Fsp3) is 0.160. The van der Waals surface area contributed by atoms with Crippen LogP contribution in [-0.2, 0) is 17.9 Å². The molecule has 3 aromatic rings. The molecular weight excluding hydrogens is 378 g/mol. The van der Waals surface area contributed by atoms with Crippen molar-refractivity contribution in [2.24, 2.45) is 0 Å². The van der Waals surface area contributed by atoms with Gasteiger partial charge >= 0.3 is 0 Å². The summed E-state index contributed by atoms with van der Waals surface area (Å²) in [4.78, 5) is 12.3. The van der Waals surface area contributed by atoms with Gasteiger partial charge in [0, 0.05) is 18.2 Å². The second-order valence-electron chi connectivity index (χ2n) is 6.55. The highest BCUT2D eigenvalue weighted by molar-refractivity contribution is 5.92. The van der Waals surface area contributed by atoms with Gasteiger partial charge in [-0.3, -0.25) is 4.79 Å². The van der Waals surface area contributed by atoms with Crippen LogP contribution in [0.15, 0.2) is 78.9 Å². The van der Waals surface area contributed by atoms with E-state index < -0.39 is 0 Å².